The second-order valence-corrected chi connectivity index (χ2v) is 5.25. The molecule has 1 aromatic rings. The molecular weight excluding hydrogens is 210 g/mol. The smallest absolute Gasteiger partial charge is 0.0319 e. The van der Waals surface area contributed by atoms with Crippen LogP contribution in [0.4, 0.5) is 0 Å². The van der Waals surface area contributed by atoms with Crippen molar-refractivity contribution in [1.29, 1.82) is 0 Å². The zero-order valence-electron chi connectivity index (χ0n) is 10.2. The van der Waals surface area contributed by atoms with Gasteiger partial charge in [-0.15, -0.1) is 0 Å². The predicted molar refractivity (Wildman–Crippen MR) is 69.5 cm³/mol. The summed E-state index contributed by atoms with van der Waals surface area (Å²) < 4.78 is 0. The molecule has 0 aromatic heterocycles. The van der Waals surface area contributed by atoms with E-state index in [9.17, 15) is 0 Å². The van der Waals surface area contributed by atoms with E-state index in [0.29, 0.717) is 18.0 Å². The van der Waals surface area contributed by atoms with Gasteiger partial charge in [-0.25, -0.2) is 5.01 Å². The molecule has 3 rings (SSSR count). The van der Waals surface area contributed by atoms with Gasteiger partial charge in [0.05, 0.1) is 0 Å². The maximum absolute atomic E-state index is 6.29. The first-order chi connectivity index (χ1) is 8.36. The first-order valence-electron chi connectivity index (χ1n) is 6.65. The van der Waals surface area contributed by atoms with Crippen molar-refractivity contribution >= 4 is 0 Å². The van der Waals surface area contributed by atoms with E-state index in [-0.39, 0.29) is 0 Å². The Kier molecular flexibility index (Phi) is 3.14. The molecular formula is C14H21N3. The lowest BCUT2D eigenvalue weighted by molar-refractivity contribution is 0.153. The molecule has 17 heavy (non-hydrogen) atoms. The van der Waals surface area contributed by atoms with Crippen LogP contribution >= 0.6 is 0 Å². The molecule has 2 atom stereocenters. The average Bonchev–Trinajstić information content (AvgIpc) is 3.20. The second kappa shape index (κ2) is 4.77. The third kappa shape index (κ3) is 2.37. The number of piperidine rings is 1. The second-order valence-electron chi connectivity index (χ2n) is 5.25. The van der Waals surface area contributed by atoms with E-state index in [1.165, 1.54) is 24.8 Å². The third-order valence-electron chi connectivity index (χ3n) is 4.10. The Morgan fingerprint density at radius 1 is 1.12 bits per heavy atom. The summed E-state index contributed by atoms with van der Waals surface area (Å²) in [6, 6.07) is 11.9. The van der Waals surface area contributed by atoms with Crippen molar-refractivity contribution in [2.75, 3.05) is 13.1 Å². The highest BCUT2D eigenvalue weighted by molar-refractivity contribution is 5.27. The average molecular weight is 231 g/mol. The first kappa shape index (κ1) is 11.2. The van der Waals surface area contributed by atoms with Crippen molar-refractivity contribution in [1.82, 2.24) is 10.3 Å². The molecule has 1 saturated carbocycles. The minimum atomic E-state index is 0.570. The number of nitrogens with two attached hydrogens (primary N) is 1. The van der Waals surface area contributed by atoms with Crippen LogP contribution in [0.15, 0.2) is 30.3 Å². The van der Waals surface area contributed by atoms with Gasteiger partial charge in [-0.1, -0.05) is 30.3 Å². The SMILES string of the molecule is NN(C1CCNCC1)[C@@H]1CC1c1ccccc1. The summed E-state index contributed by atoms with van der Waals surface area (Å²) in [4.78, 5) is 0. The van der Waals surface area contributed by atoms with Crippen molar-refractivity contribution in [3.63, 3.8) is 0 Å². The summed E-state index contributed by atoms with van der Waals surface area (Å²) in [7, 11) is 0. The number of nitrogens with zero attached hydrogens (tertiary/aromatic N) is 1. The highest BCUT2D eigenvalue weighted by Gasteiger charge is 2.43. The van der Waals surface area contributed by atoms with E-state index in [1.54, 1.807) is 0 Å². The molecule has 3 nitrogen and oxygen atoms in total. The van der Waals surface area contributed by atoms with E-state index < -0.39 is 0 Å². The topological polar surface area (TPSA) is 41.3 Å². The van der Waals surface area contributed by atoms with Crippen LogP contribution in [-0.2, 0) is 0 Å². The molecule has 1 saturated heterocycles. The fourth-order valence-corrected chi connectivity index (χ4v) is 2.95. The van der Waals surface area contributed by atoms with Crippen LogP contribution in [0.25, 0.3) is 0 Å². The van der Waals surface area contributed by atoms with Crippen molar-refractivity contribution in [2.45, 2.75) is 37.3 Å². The normalized spacial score (nSPS) is 29.5. The van der Waals surface area contributed by atoms with E-state index in [1.807, 2.05) is 0 Å². The summed E-state index contributed by atoms with van der Waals surface area (Å²) in [5.41, 5.74) is 1.45. The standard InChI is InChI=1S/C14H21N3/c15-17(12-6-8-16-9-7-12)14-10-13(14)11-4-2-1-3-5-11/h1-5,12-14,16H,6-10,15H2/t13?,14-/m1/s1. The van der Waals surface area contributed by atoms with Gasteiger partial charge >= 0.3 is 0 Å². The van der Waals surface area contributed by atoms with Gasteiger partial charge in [0.15, 0.2) is 0 Å². The molecule has 3 N–H and O–H groups in total. The monoisotopic (exact) mass is 231 g/mol. The zero-order chi connectivity index (χ0) is 11.7. The predicted octanol–water partition coefficient (Wildman–Crippen LogP) is 1.47. The van der Waals surface area contributed by atoms with Crippen molar-refractivity contribution in [3.05, 3.63) is 35.9 Å². The highest BCUT2D eigenvalue weighted by Crippen LogP contribution is 2.44. The van der Waals surface area contributed by atoms with E-state index in [2.05, 4.69) is 40.7 Å². The van der Waals surface area contributed by atoms with Crippen LogP contribution in [0.3, 0.4) is 0 Å². The molecule has 1 aliphatic heterocycles. The summed E-state index contributed by atoms with van der Waals surface area (Å²) in [5, 5.41) is 5.53. The Balaban J connectivity index is 1.60. The molecule has 0 spiro atoms. The van der Waals surface area contributed by atoms with Crippen molar-refractivity contribution < 1.29 is 0 Å². The van der Waals surface area contributed by atoms with Gasteiger partial charge in [-0.2, -0.15) is 0 Å². The lowest BCUT2D eigenvalue weighted by atomic mass is 10.1. The molecule has 0 amide bonds. The highest BCUT2D eigenvalue weighted by atomic mass is 15.5. The van der Waals surface area contributed by atoms with Gasteiger partial charge in [0, 0.05) is 18.0 Å². The Morgan fingerprint density at radius 3 is 2.53 bits per heavy atom. The summed E-state index contributed by atoms with van der Waals surface area (Å²) in [6.45, 7) is 2.22. The van der Waals surface area contributed by atoms with Crippen LogP contribution in [0.1, 0.15) is 30.7 Å². The Bertz CT molecular complexity index is 359. The van der Waals surface area contributed by atoms with Crippen LogP contribution in [0.5, 0.6) is 0 Å². The number of hydrazine groups is 1. The minimum absolute atomic E-state index is 0.570. The summed E-state index contributed by atoms with van der Waals surface area (Å²) in [6.07, 6.45) is 3.60. The van der Waals surface area contributed by atoms with Gasteiger partial charge in [-0.3, -0.25) is 5.84 Å². The third-order valence-corrected chi connectivity index (χ3v) is 4.10. The molecule has 1 unspecified atom stereocenters. The van der Waals surface area contributed by atoms with Crippen molar-refractivity contribution in [3.8, 4) is 0 Å². The molecule has 0 radical (unpaired) electrons. The number of hydrogen-bond acceptors (Lipinski definition) is 3. The van der Waals surface area contributed by atoms with Gasteiger partial charge in [-0.05, 0) is 37.9 Å². The summed E-state index contributed by atoms with van der Waals surface area (Å²) in [5.74, 6) is 6.95. The fourth-order valence-electron chi connectivity index (χ4n) is 2.95. The fraction of sp³-hybridized carbons (Fsp3) is 0.571. The molecule has 92 valence electrons. The van der Waals surface area contributed by atoms with E-state index >= 15 is 0 Å². The minimum Gasteiger partial charge on any atom is -0.317 e. The molecule has 1 heterocycles. The number of nitrogens with one attached hydrogen (secondary N) is 1. The van der Waals surface area contributed by atoms with E-state index in [0.717, 1.165) is 13.1 Å². The molecule has 1 aromatic carbocycles. The van der Waals surface area contributed by atoms with Gasteiger partial charge in [0.2, 0.25) is 0 Å². The van der Waals surface area contributed by atoms with Gasteiger partial charge in [0.1, 0.15) is 0 Å². The number of benzene rings is 1. The molecule has 2 aliphatic rings. The Hall–Kier alpha value is -0.900. The van der Waals surface area contributed by atoms with Crippen LogP contribution in [0, 0.1) is 0 Å². The van der Waals surface area contributed by atoms with Crippen molar-refractivity contribution in [2.24, 2.45) is 5.84 Å². The zero-order valence-corrected chi connectivity index (χ0v) is 10.2. The maximum atomic E-state index is 6.29. The van der Waals surface area contributed by atoms with Crippen LogP contribution in [0.2, 0.25) is 0 Å². The maximum Gasteiger partial charge on any atom is 0.0319 e. The Labute approximate surface area is 103 Å². The van der Waals surface area contributed by atoms with Crippen LogP contribution in [-0.4, -0.2) is 30.2 Å². The largest absolute Gasteiger partial charge is 0.317 e. The van der Waals surface area contributed by atoms with E-state index in [4.69, 9.17) is 5.84 Å². The Morgan fingerprint density at radius 2 is 1.82 bits per heavy atom. The van der Waals surface area contributed by atoms with Gasteiger partial charge in [0.25, 0.3) is 0 Å². The quantitative estimate of drug-likeness (QED) is 0.611. The lowest BCUT2D eigenvalue weighted by Crippen LogP contribution is -2.48. The van der Waals surface area contributed by atoms with Crippen LogP contribution < -0.4 is 11.2 Å². The molecule has 0 bridgehead atoms. The number of rotatable bonds is 3. The molecule has 1 aliphatic carbocycles. The molecule has 2 fully saturated rings. The molecule has 3 heteroatoms. The first-order valence-corrected chi connectivity index (χ1v) is 6.65. The summed E-state index contributed by atoms with van der Waals surface area (Å²) >= 11 is 0. The lowest BCUT2D eigenvalue weighted by Gasteiger charge is -2.31. The van der Waals surface area contributed by atoms with Gasteiger partial charge < -0.3 is 5.32 Å². The number of hydrogen-bond donors (Lipinski definition) is 2.